The topological polar surface area (TPSA) is 41.6 Å². The lowest BCUT2D eigenvalue weighted by Crippen LogP contribution is -2.58. The third-order valence-electron chi connectivity index (χ3n) is 2.34. The van der Waals surface area contributed by atoms with E-state index >= 15 is 0 Å². The van der Waals surface area contributed by atoms with Crippen LogP contribution in [0.15, 0.2) is 0 Å². The fraction of sp³-hybridized carbons (Fsp3) is 0.889. The summed E-state index contributed by atoms with van der Waals surface area (Å²) in [5.41, 5.74) is 0. The van der Waals surface area contributed by atoms with Crippen LogP contribution >= 0.6 is 34.8 Å². The first kappa shape index (κ1) is 14.3. The Morgan fingerprint density at radius 3 is 2.44 bits per heavy atom. The summed E-state index contributed by atoms with van der Waals surface area (Å²) >= 11 is 17.6. The first-order valence-corrected chi connectivity index (χ1v) is 6.26. The van der Waals surface area contributed by atoms with Crippen LogP contribution in [0.5, 0.6) is 0 Å². The Kier molecular flexibility index (Phi) is 5.61. The zero-order valence-electron chi connectivity index (χ0n) is 9.01. The third-order valence-corrected chi connectivity index (χ3v) is 2.96. The number of amides is 1. The number of halogens is 3. The minimum atomic E-state index is -1.54. The van der Waals surface area contributed by atoms with E-state index in [1.165, 1.54) is 0 Å². The monoisotopic (exact) mass is 288 g/mol. The lowest BCUT2D eigenvalue weighted by Gasteiger charge is -2.38. The third kappa shape index (κ3) is 4.26. The highest BCUT2D eigenvalue weighted by atomic mass is 35.6. The molecule has 1 amide bonds. The van der Waals surface area contributed by atoms with Crippen molar-refractivity contribution in [3.05, 3.63) is 0 Å². The highest BCUT2D eigenvalue weighted by Gasteiger charge is 2.38. The quantitative estimate of drug-likeness (QED) is 0.802. The van der Waals surface area contributed by atoms with Crippen LogP contribution in [0.1, 0.15) is 13.3 Å². The van der Waals surface area contributed by atoms with Crippen LogP contribution in [0.4, 0.5) is 0 Å². The largest absolute Gasteiger partial charge is 0.379 e. The summed E-state index contributed by atoms with van der Waals surface area (Å²) < 4.78 is 3.67. The van der Waals surface area contributed by atoms with Gasteiger partial charge in [-0.3, -0.25) is 9.69 Å². The van der Waals surface area contributed by atoms with Crippen molar-refractivity contribution in [3.8, 4) is 0 Å². The molecule has 1 aliphatic rings. The molecule has 0 saturated carbocycles. The molecule has 7 heteroatoms. The van der Waals surface area contributed by atoms with Gasteiger partial charge in [0.2, 0.25) is 9.70 Å². The van der Waals surface area contributed by atoms with E-state index in [4.69, 9.17) is 39.5 Å². The van der Waals surface area contributed by atoms with E-state index in [1.54, 1.807) is 6.92 Å². The maximum atomic E-state index is 11.4. The predicted molar refractivity (Wildman–Crippen MR) is 64.9 cm³/mol. The predicted octanol–water partition coefficient (Wildman–Crippen LogP) is 1.54. The van der Waals surface area contributed by atoms with Crippen molar-refractivity contribution in [1.29, 1.82) is 0 Å². The van der Waals surface area contributed by atoms with Crippen molar-refractivity contribution < 1.29 is 9.53 Å². The zero-order valence-corrected chi connectivity index (χ0v) is 11.3. The normalized spacial score (nSPS) is 20.5. The van der Waals surface area contributed by atoms with Crippen molar-refractivity contribution in [2.75, 3.05) is 26.3 Å². The maximum Gasteiger partial charge on any atom is 0.223 e. The highest BCUT2D eigenvalue weighted by molar-refractivity contribution is 6.68. The minimum Gasteiger partial charge on any atom is -0.379 e. The molecular formula is C9H15Cl3N2O2. The van der Waals surface area contributed by atoms with Crippen molar-refractivity contribution in [2.24, 2.45) is 0 Å². The minimum absolute atomic E-state index is 0.136. The summed E-state index contributed by atoms with van der Waals surface area (Å²) in [5, 5.41) is 2.71. The molecule has 0 spiro atoms. The van der Waals surface area contributed by atoms with Crippen LogP contribution in [0.2, 0.25) is 0 Å². The van der Waals surface area contributed by atoms with Crippen LogP contribution in [0.25, 0.3) is 0 Å². The van der Waals surface area contributed by atoms with Crippen molar-refractivity contribution in [3.63, 3.8) is 0 Å². The van der Waals surface area contributed by atoms with Gasteiger partial charge in [0.25, 0.3) is 0 Å². The SMILES string of the molecule is CCC(=O)N[C@@H](N1CCOCC1)C(Cl)(Cl)Cl. The van der Waals surface area contributed by atoms with Crippen molar-refractivity contribution in [2.45, 2.75) is 23.3 Å². The number of carbonyl (C=O) groups excluding carboxylic acids is 1. The molecule has 16 heavy (non-hydrogen) atoms. The number of rotatable bonds is 3. The van der Waals surface area contributed by atoms with E-state index in [0.29, 0.717) is 32.7 Å². The number of carbonyl (C=O) groups is 1. The van der Waals surface area contributed by atoms with E-state index in [0.717, 1.165) is 0 Å². The second kappa shape index (κ2) is 6.26. The van der Waals surface area contributed by atoms with Crippen LogP contribution in [0.3, 0.4) is 0 Å². The molecular weight excluding hydrogens is 274 g/mol. The summed E-state index contributed by atoms with van der Waals surface area (Å²) in [5.74, 6) is -0.136. The van der Waals surface area contributed by atoms with Gasteiger partial charge in [0, 0.05) is 19.5 Å². The molecule has 1 rings (SSSR count). The van der Waals surface area contributed by atoms with Gasteiger partial charge < -0.3 is 10.1 Å². The molecule has 0 aromatic rings. The number of nitrogens with zero attached hydrogens (tertiary/aromatic N) is 1. The molecule has 1 heterocycles. The first-order valence-electron chi connectivity index (χ1n) is 5.13. The summed E-state index contributed by atoms with van der Waals surface area (Å²) in [7, 11) is 0. The van der Waals surface area contributed by atoms with Gasteiger partial charge in [-0.2, -0.15) is 0 Å². The highest BCUT2D eigenvalue weighted by Crippen LogP contribution is 2.32. The Bertz CT molecular complexity index is 239. The number of hydrogen-bond acceptors (Lipinski definition) is 3. The Morgan fingerprint density at radius 2 is 2.00 bits per heavy atom. The first-order chi connectivity index (χ1) is 7.45. The van der Waals surface area contributed by atoms with Gasteiger partial charge in [0.15, 0.2) is 0 Å². The van der Waals surface area contributed by atoms with Crippen LogP contribution in [0, 0.1) is 0 Å². The zero-order chi connectivity index (χ0) is 12.2. The second-order valence-corrected chi connectivity index (χ2v) is 5.88. The Balaban J connectivity index is 2.66. The Labute approximate surface area is 110 Å². The van der Waals surface area contributed by atoms with Gasteiger partial charge >= 0.3 is 0 Å². The Morgan fingerprint density at radius 1 is 1.44 bits per heavy atom. The molecule has 0 unspecified atom stereocenters. The van der Waals surface area contributed by atoms with E-state index in [2.05, 4.69) is 5.32 Å². The molecule has 1 saturated heterocycles. The fourth-order valence-corrected chi connectivity index (χ4v) is 2.05. The van der Waals surface area contributed by atoms with Crippen molar-refractivity contribution >= 4 is 40.7 Å². The van der Waals surface area contributed by atoms with E-state index in [1.807, 2.05) is 4.90 Å². The average molecular weight is 290 g/mol. The van der Waals surface area contributed by atoms with E-state index in [-0.39, 0.29) is 5.91 Å². The molecule has 0 radical (unpaired) electrons. The lowest BCUT2D eigenvalue weighted by molar-refractivity contribution is -0.123. The molecule has 0 bridgehead atoms. The van der Waals surface area contributed by atoms with Gasteiger partial charge in [0.05, 0.1) is 13.2 Å². The molecule has 0 aromatic heterocycles. The number of alkyl halides is 3. The smallest absolute Gasteiger partial charge is 0.223 e. The Hall–Kier alpha value is 0.260. The van der Waals surface area contributed by atoms with Crippen LogP contribution in [-0.2, 0) is 9.53 Å². The number of morpholine rings is 1. The molecule has 1 N–H and O–H groups in total. The molecule has 4 nitrogen and oxygen atoms in total. The van der Waals surface area contributed by atoms with Gasteiger partial charge in [-0.1, -0.05) is 41.7 Å². The molecule has 1 aliphatic heterocycles. The molecule has 0 aromatic carbocycles. The summed E-state index contributed by atoms with van der Waals surface area (Å²) in [4.78, 5) is 13.3. The van der Waals surface area contributed by atoms with Crippen LogP contribution in [-0.4, -0.2) is 47.1 Å². The summed E-state index contributed by atoms with van der Waals surface area (Å²) in [6.45, 7) is 4.20. The van der Waals surface area contributed by atoms with Crippen LogP contribution < -0.4 is 5.32 Å². The summed E-state index contributed by atoms with van der Waals surface area (Å²) in [6, 6.07) is 0. The van der Waals surface area contributed by atoms with Gasteiger partial charge in [-0.15, -0.1) is 0 Å². The lowest BCUT2D eigenvalue weighted by atomic mass is 10.3. The maximum absolute atomic E-state index is 11.4. The van der Waals surface area contributed by atoms with Gasteiger partial charge in [-0.25, -0.2) is 0 Å². The second-order valence-electron chi connectivity index (χ2n) is 3.51. The molecule has 1 atom stereocenters. The molecule has 1 fully saturated rings. The van der Waals surface area contributed by atoms with E-state index < -0.39 is 9.96 Å². The van der Waals surface area contributed by atoms with E-state index in [9.17, 15) is 4.79 Å². The number of nitrogens with one attached hydrogen (secondary N) is 1. The van der Waals surface area contributed by atoms with Gasteiger partial charge in [-0.05, 0) is 0 Å². The standard InChI is InChI=1S/C9H15Cl3N2O2/c1-2-7(15)13-8(9(10,11)12)14-3-5-16-6-4-14/h8H,2-6H2,1H3,(H,13,15)/t8-/m0/s1. The van der Waals surface area contributed by atoms with Gasteiger partial charge in [0.1, 0.15) is 6.17 Å². The number of hydrogen-bond donors (Lipinski definition) is 1. The molecule has 94 valence electrons. The fourth-order valence-electron chi connectivity index (χ4n) is 1.47. The molecule has 0 aliphatic carbocycles. The van der Waals surface area contributed by atoms with Crippen molar-refractivity contribution in [1.82, 2.24) is 10.2 Å². The average Bonchev–Trinajstić information content (AvgIpc) is 2.25. The summed E-state index contributed by atoms with van der Waals surface area (Å²) in [6.07, 6.45) is -0.240. The number of ether oxygens (including phenoxy) is 1.